The SMILES string of the molecule is CCOC(=O)c1ccc(-c2nn(-c3ccccc3)c3nc(-c4ccccc4)cc(=O)n23)[nH]c1=O. The third-order valence-electron chi connectivity index (χ3n) is 5.21. The van der Waals surface area contributed by atoms with E-state index in [0.29, 0.717) is 11.4 Å². The van der Waals surface area contributed by atoms with Crippen molar-refractivity contribution in [1.82, 2.24) is 24.1 Å². The van der Waals surface area contributed by atoms with Gasteiger partial charge in [0.15, 0.2) is 5.82 Å². The van der Waals surface area contributed by atoms with Gasteiger partial charge in [0.05, 0.1) is 23.7 Å². The molecular weight excluding hydrogens is 434 g/mol. The van der Waals surface area contributed by atoms with Crippen LogP contribution in [0.1, 0.15) is 17.3 Å². The number of H-pyrrole nitrogens is 1. The average Bonchev–Trinajstić information content (AvgIpc) is 3.25. The lowest BCUT2D eigenvalue weighted by atomic mass is 10.1. The lowest BCUT2D eigenvalue weighted by molar-refractivity contribution is 0.0524. The quantitative estimate of drug-likeness (QED) is 0.410. The molecule has 168 valence electrons. The largest absolute Gasteiger partial charge is 0.462 e. The molecule has 0 saturated heterocycles. The number of aromatic amines is 1. The molecule has 0 fully saturated rings. The molecule has 34 heavy (non-hydrogen) atoms. The highest BCUT2D eigenvalue weighted by molar-refractivity contribution is 5.89. The van der Waals surface area contributed by atoms with Crippen molar-refractivity contribution < 1.29 is 9.53 Å². The monoisotopic (exact) mass is 453 g/mol. The third kappa shape index (κ3) is 3.69. The second-order valence-electron chi connectivity index (χ2n) is 7.39. The maximum Gasteiger partial charge on any atom is 0.343 e. The van der Waals surface area contributed by atoms with Crippen LogP contribution < -0.4 is 11.1 Å². The van der Waals surface area contributed by atoms with E-state index >= 15 is 0 Å². The predicted octanol–water partition coefficient (Wildman–Crippen LogP) is 3.08. The van der Waals surface area contributed by atoms with Crippen molar-refractivity contribution >= 4 is 11.7 Å². The van der Waals surface area contributed by atoms with E-state index in [1.165, 1.54) is 22.6 Å². The lowest BCUT2D eigenvalue weighted by Gasteiger charge is -2.05. The van der Waals surface area contributed by atoms with E-state index in [4.69, 9.17) is 9.72 Å². The molecule has 0 bridgehead atoms. The van der Waals surface area contributed by atoms with Gasteiger partial charge < -0.3 is 9.72 Å². The number of rotatable bonds is 5. The van der Waals surface area contributed by atoms with Gasteiger partial charge in [-0.3, -0.25) is 9.59 Å². The Labute approximate surface area is 192 Å². The molecule has 0 aliphatic carbocycles. The number of ether oxygens (including phenoxy) is 1. The smallest absolute Gasteiger partial charge is 0.343 e. The summed E-state index contributed by atoms with van der Waals surface area (Å²) in [6.45, 7) is 1.81. The van der Waals surface area contributed by atoms with Crippen LogP contribution in [0.5, 0.6) is 0 Å². The standard InChI is InChI=1S/C25H19N5O4/c1-2-34-24(33)18-13-14-19(26-23(18)32)22-28-30(17-11-7-4-8-12-17)25-27-20(15-21(31)29(22)25)16-9-5-3-6-10-16/h3-15H,2H2,1H3,(H,26,32). The van der Waals surface area contributed by atoms with Gasteiger partial charge in [0.1, 0.15) is 5.56 Å². The van der Waals surface area contributed by atoms with Crippen LogP contribution >= 0.6 is 0 Å². The fourth-order valence-corrected chi connectivity index (χ4v) is 3.64. The van der Waals surface area contributed by atoms with Crippen LogP contribution in [0.3, 0.4) is 0 Å². The number of fused-ring (bicyclic) bond motifs is 1. The molecule has 1 N–H and O–H groups in total. The predicted molar refractivity (Wildman–Crippen MR) is 126 cm³/mol. The molecule has 9 nitrogen and oxygen atoms in total. The van der Waals surface area contributed by atoms with E-state index in [9.17, 15) is 14.4 Å². The topological polar surface area (TPSA) is 111 Å². The molecule has 0 unspecified atom stereocenters. The van der Waals surface area contributed by atoms with Crippen LogP contribution in [0, 0.1) is 0 Å². The summed E-state index contributed by atoms with van der Waals surface area (Å²) in [6.07, 6.45) is 0. The van der Waals surface area contributed by atoms with Crippen molar-refractivity contribution in [2.24, 2.45) is 0 Å². The highest BCUT2D eigenvalue weighted by atomic mass is 16.5. The Bertz CT molecular complexity index is 1620. The zero-order chi connectivity index (χ0) is 23.7. The molecule has 3 aromatic heterocycles. The molecular formula is C25H19N5O4. The van der Waals surface area contributed by atoms with Gasteiger partial charge in [-0.25, -0.2) is 14.2 Å². The first-order chi connectivity index (χ1) is 16.6. The maximum atomic E-state index is 13.3. The lowest BCUT2D eigenvalue weighted by Crippen LogP contribution is -2.21. The van der Waals surface area contributed by atoms with Crippen molar-refractivity contribution in [1.29, 1.82) is 0 Å². The van der Waals surface area contributed by atoms with E-state index in [0.717, 1.165) is 5.56 Å². The van der Waals surface area contributed by atoms with Crippen molar-refractivity contribution in [2.75, 3.05) is 6.61 Å². The van der Waals surface area contributed by atoms with Crippen LogP contribution in [-0.4, -0.2) is 36.7 Å². The van der Waals surface area contributed by atoms with E-state index in [2.05, 4.69) is 10.1 Å². The van der Waals surface area contributed by atoms with E-state index in [1.807, 2.05) is 60.7 Å². The fourth-order valence-electron chi connectivity index (χ4n) is 3.64. The van der Waals surface area contributed by atoms with Gasteiger partial charge in [-0.05, 0) is 31.2 Å². The molecule has 0 amide bonds. The summed E-state index contributed by atoms with van der Waals surface area (Å²) in [7, 11) is 0. The van der Waals surface area contributed by atoms with Crippen molar-refractivity contribution in [3.63, 3.8) is 0 Å². The van der Waals surface area contributed by atoms with Crippen LogP contribution in [-0.2, 0) is 4.74 Å². The van der Waals surface area contributed by atoms with Gasteiger partial charge in [0.25, 0.3) is 11.1 Å². The first-order valence-corrected chi connectivity index (χ1v) is 10.6. The highest BCUT2D eigenvalue weighted by Gasteiger charge is 2.20. The van der Waals surface area contributed by atoms with Gasteiger partial charge in [0.2, 0.25) is 5.78 Å². The van der Waals surface area contributed by atoms with Crippen LogP contribution in [0.2, 0.25) is 0 Å². The molecule has 9 heteroatoms. The minimum absolute atomic E-state index is 0.130. The van der Waals surface area contributed by atoms with Crippen LogP contribution in [0.15, 0.2) is 88.5 Å². The number of para-hydroxylation sites is 1. The Morgan fingerprint density at radius 2 is 1.68 bits per heavy atom. The van der Waals surface area contributed by atoms with Gasteiger partial charge in [-0.1, -0.05) is 48.5 Å². The minimum Gasteiger partial charge on any atom is -0.462 e. The molecule has 3 heterocycles. The highest BCUT2D eigenvalue weighted by Crippen LogP contribution is 2.21. The number of nitrogens with zero attached hydrogens (tertiary/aromatic N) is 4. The second-order valence-corrected chi connectivity index (χ2v) is 7.39. The number of pyridine rings is 1. The number of carbonyl (C=O) groups excluding carboxylic acids is 1. The van der Waals surface area contributed by atoms with E-state index < -0.39 is 11.5 Å². The Morgan fingerprint density at radius 3 is 2.35 bits per heavy atom. The number of benzene rings is 2. The van der Waals surface area contributed by atoms with Crippen LogP contribution in [0.4, 0.5) is 0 Å². The van der Waals surface area contributed by atoms with Gasteiger partial charge in [-0.15, -0.1) is 5.10 Å². The van der Waals surface area contributed by atoms with E-state index in [1.54, 1.807) is 11.6 Å². The molecule has 0 atom stereocenters. The third-order valence-corrected chi connectivity index (χ3v) is 5.21. The Hall–Kier alpha value is -4.79. The normalized spacial score (nSPS) is 11.0. The summed E-state index contributed by atoms with van der Waals surface area (Å²) in [4.78, 5) is 45.2. The molecule has 5 aromatic rings. The Balaban J connectivity index is 1.75. The van der Waals surface area contributed by atoms with Gasteiger partial charge in [0, 0.05) is 11.6 Å². The zero-order valence-corrected chi connectivity index (χ0v) is 18.1. The Morgan fingerprint density at radius 1 is 0.971 bits per heavy atom. The first-order valence-electron chi connectivity index (χ1n) is 10.6. The summed E-state index contributed by atoms with van der Waals surface area (Å²) in [5, 5.41) is 4.61. The zero-order valence-electron chi connectivity index (χ0n) is 18.1. The number of aromatic nitrogens is 5. The maximum absolute atomic E-state index is 13.3. The number of nitrogens with one attached hydrogen (secondary N) is 1. The Kier molecular flexibility index (Phi) is 5.35. The number of hydrogen-bond donors (Lipinski definition) is 1. The fraction of sp³-hybridized carbons (Fsp3) is 0.0800. The molecule has 0 aliphatic rings. The van der Waals surface area contributed by atoms with E-state index in [-0.39, 0.29) is 35.0 Å². The molecule has 0 radical (unpaired) electrons. The minimum atomic E-state index is -0.721. The summed E-state index contributed by atoms with van der Waals surface area (Å²) in [5.74, 6) is -0.257. The molecule has 0 saturated carbocycles. The summed E-state index contributed by atoms with van der Waals surface area (Å²) in [5.41, 5.74) is 1.10. The van der Waals surface area contributed by atoms with Gasteiger partial charge >= 0.3 is 5.97 Å². The first kappa shape index (κ1) is 21.1. The summed E-state index contributed by atoms with van der Waals surface area (Å²) >= 11 is 0. The molecule has 0 aliphatic heterocycles. The number of esters is 1. The molecule has 0 spiro atoms. The molecule has 2 aromatic carbocycles. The molecule has 5 rings (SSSR count). The average molecular weight is 453 g/mol. The van der Waals surface area contributed by atoms with Gasteiger partial charge in [-0.2, -0.15) is 4.68 Å². The van der Waals surface area contributed by atoms with Crippen molar-refractivity contribution in [3.05, 3.63) is 105 Å². The van der Waals surface area contributed by atoms with Crippen molar-refractivity contribution in [3.8, 4) is 28.5 Å². The summed E-state index contributed by atoms with van der Waals surface area (Å²) in [6, 6.07) is 22.9. The van der Waals surface area contributed by atoms with Crippen LogP contribution in [0.25, 0.3) is 34.2 Å². The second kappa shape index (κ2) is 8.62. The summed E-state index contributed by atoms with van der Waals surface area (Å²) < 4.78 is 7.79. The number of carbonyl (C=O) groups is 1. The van der Waals surface area contributed by atoms with Crippen molar-refractivity contribution in [2.45, 2.75) is 6.92 Å². The number of hydrogen-bond acceptors (Lipinski definition) is 6.